The van der Waals surface area contributed by atoms with Gasteiger partial charge in [0.1, 0.15) is 36.3 Å². The fourth-order valence-corrected chi connectivity index (χ4v) is 2.95. The van der Waals surface area contributed by atoms with Crippen LogP contribution in [-0.4, -0.2) is 111 Å². The minimum Gasteiger partial charge on any atom is -0.481 e. The van der Waals surface area contributed by atoms with Gasteiger partial charge in [-0.3, -0.25) is 38.4 Å². The number of nitrogens with one attached hydrogen (secondary N) is 6. The lowest BCUT2D eigenvalue weighted by Crippen LogP contribution is -2.58. The Kier molecular flexibility index (Phi) is 15.1. The average Bonchev–Trinajstić information content (AvgIpc) is 2.86. The van der Waals surface area contributed by atoms with Crippen molar-refractivity contribution in [3.8, 4) is 0 Å². The summed E-state index contributed by atoms with van der Waals surface area (Å²) in [6.07, 6.45) is -2.02. The average molecular weight is 604 g/mol. The summed E-state index contributed by atoms with van der Waals surface area (Å²) in [5.41, 5.74) is 5.42. The van der Waals surface area contributed by atoms with Gasteiger partial charge in [-0.1, -0.05) is 0 Å². The summed E-state index contributed by atoms with van der Waals surface area (Å²) in [6, 6.07) is -9.39. The molecule has 0 aromatic carbocycles. The van der Waals surface area contributed by atoms with Crippen molar-refractivity contribution in [2.24, 2.45) is 5.73 Å². The first-order valence-corrected chi connectivity index (χ1v) is 12.5. The molecule has 0 aromatic heterocycles. The van der Waals surface area contributed by atoms with E-state index in [1.54, 1.807) is 0 Å². The van der Waals surface area contributed by atoms with Gasteiger partial charge < -0.3 is 53.0 Å². The maximum atomic E-state index is 12.5. The molecule has 0 aliphatic heterocycles. The van der Waals surface area contributed by atoms with Crippen LogP contribution in [0.4, 0.5) is 0 Å². The van der Waals surface area contributed by atoms with Crippen molar-refractivity contribution in [3.63, 3.8) is 0 Å². The van der Waals surface area contributed by atoms with Gasteiger partial charge in [-0.2, -0.15) is 0 Å². The second-order valence-electron chi connectivity index (χ2n) is 9.37. The predicted octanol–water partition coefficient (Wildman–Crippen LogP) is -4.64. The van der Waals surface area contributed by atoms with Crippen molar-refractivity contribution in [2.75, 3.05) is 0 Å². The van der Waals surface area contributed by atoms with Crippen molar-refractivity contribution in [3.05, 3.63) is 0 Å². The van der Waals surface area contributed by atoms with Crippen LogP contribution in [0.1, 0.15) is 47.5 Å². The Hall–Kier alpha value is -4.81. The molecule has 0 saturated carbocycles. The van der Waals surface area contributed by atoms with Crippen molar-refractivity contribution < 1.29 is 58.5 Å². The smallest absolute Gasteiger partial charge is 0.326 e. The molecular formula is C23H37N7O12. The molecule has 0 aromatic rings. The highest BCUT2D eigenvalue weighted by molar-refractivity contribution is 5.97. The monoisotopic (exact) mass is 603 g/mol. The fourth-order valence-electron chi connectivity index (χ4n) is 2.95. The second-order valence-corrected chi connectivity index (χ2v) is 9.37. The van der Waals surface area contributed by atoms with E-state index in [0.717, 1.165) is 0 Å². The maximum absolute atomic E-state index is 12.5. The Balaban J connectivity index is 5.13. The highest BCUT2D eigenvalue weighted by Gasteiger charge is 2.31. The summed E-state index contributed by atoms with van der Waals surface area (Å²) < 4.78 is 0. The van der Waals surface area contributed by atoms with E-state index in [1.807, 2.05) is 10.6 Å². The van der Waals surface area contributed by atoms with E-state index in [0.29, 0.717) is 0 Å². The molecule has 0 aliphatic rings. The van der Waals surface area contributed by atoms with Crippen LogP contribution < -0.4 is 37.6 Å². The number of hydrogen-bond acceptors (Lipinski definition) is 10. The SMILES string of the molecule is C[C@H](N)C(=O)N[C@@H](C)C(=O)N[C@@H](C)C(=O)N[C@@H](C)C(=O)N[C@@H](C)C(=O)N[C@@H](CC(=O)O)C(=O)N[C@@H](CC(=O)O)C(=O)O. The minimum atomic E-state index is -1.91. The number of amides is 6. The number of carbonyl (C=O) groups excluding carboxylic acids is 6. The molecule has 6 amide bonds. The normalized spacial score (nSPS) is 15.6. The molecular weight excluding hydrogens is 566 g/mol. The zero-order chi connectivity index (χ0) is 32.9. The second kappa shape index (κ2) is 17.1. The van der Waals surface area contributed by atoms with Crippen LogP contribution >= 0.6 is 0 Å². The van der Waals surface area contributed by atoms with Crippen LogP contribution in [0.2, 0.25) is 0 Å². The third-order valence-electron chi connectivity index (χ3n) is 5.43. The lowest BCUT2D eigenvalue weighted by molar-refractivity contribution is -0.148. The number of carboxylic acids is 3. The molecule has 42 heavy (non-hydrogen) atoms. The molecule has 0 radical (unpaired) electrons. The molecule has 0 aliphatic carbocycles. The number of hydrogen-bond donors (Lipinski definition) is 10. The van der Waals surface area contributed by atoms with Gasteiger partial charge in [0.15, 0.2) is 0 Å². The molecule has 0 heterocycles. The van der Waals surface area contributed by atoms with E-state index >= 15 is 0 Å². The molecule has 7 atom stereocenters. The number of nitrogens with two attached hydrogens (primary N) is 1. The highest BCUT2D eigenvalue weighted by atomic mass is 16.4. The zero-order valence-electron chi connectivity index (χ0n) is 23.5. The Morgan fingerprint density at radius 3 is 1.07 bits per heavy atom. The first kappa shape index (κ1) is 37.2. The molecule has 19 nitrogen and oxygen atoms in total. The van der Waals surface area contributed by atoms with E-state index < -0.39 is 108 Å². The standard InChI is InChI=1S/C23H37N7O12/c1-8(24)17(35)25-9(2)18(36)26-10(3)19(37)27-11(4)20(38)28-12(5)21(39)29-13(6-15(31)32)22(40)30-14(23(41)42)7-16(33)34/h8-14H,6-7,24H2,1-5H3,(H,25,35)(H,26,36)(H,27,37)(H,28,38)(H,29,39)(H,30,40)(H,31,32)(H,33,34)(H,41,42)/t8-,9-,10-,11-,12-,13-,14-/m0/s1. The van der Waals surface area contributed by atoms with Crippen LogP contribution in [-0.2, 0) is 43.2 Å². The van der Waals surface area contributed by atoms with Crippen LogP contribution in [0.5, 0.6) is 0 Å². The third-order valence-corrected chi connectivity index (χ3v) is 5.43. The summed E-state index contributed by atoms with van der Waals surface area (Å²) >= 11 is 0. The Labute approximate surface area is 239 Å². The topological polar surface area (TPSA) is 313 Å². The first-order chi connectivity index (χ1) is 19.3. The van der Waals surface area contributed by atoms with E-state index in [4.69, 9.17) is 21.1 Å². The van der Waals surface area contributed by atoms with Gasteiger partial charge in [0.25, 0.3) is 0 Å². The first-order valence-electron chi connectivity index (χ1n) is 12.5. The Morgan fingerprint density at radius 1 is 0.476 bits per heavy atom. The molecule has 0 fully saturated rings. The quantitative estimate of drug-likeness (QED) is 0.0748. The third kappa shape index (κ3) is 13.5. The van der Waals surface area contributed by atoms with E-state index in [9.17, 15) is 43.2 Å². The van der Waals surface area contributed by atoms with Gasteiger partial charge in [0, 0.05) is 0 Å². The van der Waals surface area contributed by atoms with Crippen molar-refractivity contribution in [1.29, 1.82) is 0 Å². The van der Waals surface area contributed by atoms with Crippen molar-refractivity contribution >= 4 is 53.4 Å². The Bertz CT molecular complexity index is 1080. The molecule has 0 spiro atoms. The van der Waals surface area contributed by atoms with Gasteiger partial charge >= 0.3 is 17.9 Å². The van der Waals surface area contributed by atoms with Crippen molar-refractivity contribution in [2.45, 2.75) is 89.8 Å². The molecule has 0 unspecified atom stereocenters. The lowest BCUT2D eigenvalue weighted by atomic mass is 10.1. The molecule has 19 heteroatoms. The minimum absolute atomic E-state index is 0.587. The van der Waals surface area contributed by atoms with Crippen LogP contribution in [0.15, 0.2) is 0 Å². The maximum Gasteiger partial charge on any atom is 0.326 e. The summed E-state index contributed by atoms with van der Waals surface area (Å²) in [5, 5.41) is 40.0. The molecule has 0 bridgehead atoms. The fraction of sp³-hybridized carbons (Fsp3) is 0.609. The van der Waals surface area contributed by atoms with Crippen molar-refractivity contribution in [1.82, 2.24) is 31.9 Å². The van der Waals surface area contributed by atoms with Gasteiger partial charge in [-0.15, -0.1) is 0 Å². The van der Waals surface area contributed by atoms with Gasteiger partial charge in [0.2, 0.25) is 35.4 Å². The van der Waals surface area contributed by atoms with E-state index in [1.165, 1.54) is 34.6 Å². The Morgan fingerprint density at radius 2 is 0.762 bits per heavy atom. The number of carboxylic acid groups (broad SMARTS) is 3. The van der Waals surface area contributed by atoms with E-state index in [-0.39, 0.29) is 0 Å². The zero-order valence-corrected chi connectivity index (χ0v) is 23.5. The van der Waals surface area contributed by atoms with Crippen LogP contribution in [0, 0.1) is 0 Å². The van der Waals surface area contributed by atoms with Crippen LogP contribution in [0.25, 0.3) is 0 Å². The molecule has 11 N–H and O–H groups in total. The number of rotatable bonds is 17. The van der Waals surface area contributed by atoms with E-state index in [2.05, 4.69) is 21.3 Å². The van der Waals surface area contributed by atoms with Gasteiger partial charge in [0.05, 0.1) is 18.9 Å². The summed E-state index contributed by atoms with van der Waals surface area (Å²) in [5.74, 6) is -10.1. The largest absolute Gasteiger partial charge is 0.481 e. The number of aliphatic carboxylic acids is 3. The molecule has 0 saturated heterocycles. The number of carbonyl (C=O) groups is 9. The lowest BCUT2D eigenvalue weighted by Gasteiger charge is -2.23. The van der Waals surface area contributed by atoms with Crippen LogP contribution in [0.3, 0.4) is 0 Å². The predicted molar refractivity (Wildman–Crippen MR) is 140 cm³/mol. The van der Waals surface area contributed by atoms with Gasteiger partial charge in [-0.05, 0) is 34.6 Å². The molecule has 236 valence electrons. The summed E-state index contributed by atoms with van der Waals surface area (Å²) in [4.78, 5) is 107. The van der Waals surface area contributed by atoms with Gasteiger partial charge in [-0.25, -0.2) is 4.79 Å². The highest BCUT2D eigenvalue weighted by Crippen LogP contribution is 2.00. The summed E-state index contributed by atoms with van der Waals surface area (Å²) in [7, 11) is 0. The summed E-state index contributed by atoms with van der Waals surface area (Å²) in [6.45, 7) is 6.52. The molecule has 0 rings (SSSR count).